The molecule has 0 spiro atoms. The minimum Gasteiger partial charge on any atom is -0.297 e. The fraction of sp³-hybridized carbons (Fsp3) is 0.636. The van der Waals surface area contributed by atoms with Crippen molar-refractivity contribution in [3.05, 3.63) is 12.2 Å². The van der Waals surface area contributed by atoms with E-state index < -0.39 is 5.54 Å². The number of allylic oxidation sites excluding steroid dienone is 1. The third kappa shape index (κ3) is 1.16. The molecule has 2 heteroatoms. The Labute approximate surface area is 78.7 Å². The Morgan fingerprint density at radius 1 is 1.62 bits per heavy atom. The Bertz CT molecular complexity index is 292. The van der Waals surface area contributed by atoms with Crippen LogP contribution in [-0.4, -0.2) is 17.5 Å². The molecular weight excluding hydrogens is 162 g/mol. The van der Waals surface area contributed by atoms with Crippen LogP contribution >= 0.6 is 0 Å². The molecule has 3 atom stereocenters. The van der Waals surface area contributed by atoms with Crippen molar-refractivity contribution >= 4 is 12.0 Å². The van der Waals surface area contributed by atoms with Gasteiger partial charge in [-0.1, -0.05) is 19.1 Å². The lowest BCUT2D eigenvalue weighted by atomic mass is 9.73. The van der Waals surface area contributed by atoms with Crippen molar-refractivity contribution in [3.8, 4) is 0 Å². The number of nitrogens with zero attached hydrogens (tertiary/aromatic N) is 1. The van der Waals surface area contributed by atoms with Crippen LogP contribution in [0.2, 0.25) is 0 Å². The number of carbonyl (C=O) groups is 1. The highest BCUT2D eigenvalue weighted by Crippen LogP contribution is 2.40. The topological polar surface area (TPSA) is 29.4 Å². The summed E-state index contributed by atoms with van der Waals surface area (Å²) >= 11 is 0. The highest BCUT2D eigenvalue weighted by molar-refractivity contribution is 5.92. The summed E-state index contributed by atoms with van der Waals surface area (Å²) in [5.74, 6) is 1.21. The number of hydrogen-bond donors (Lipinski definition) is 0. The second-order valence-electron chi connectivity index (χ2n) is 4.20. The van der Waals surface area contributed by atoms with E-state index in [0.717, 1.165) is 12.8 Å². The van der Waals surface area contributed by atoms with E-state index in [1.54, 1.807) is 6.92 Å². The van der Waals surface area contributed by atoms with E-state index in [2.05, 4.69) is 18.0 Å². The Balaban J connectivity index is 2.38. The lowest BCUT2D eigenvalue weighted by molar-refractivity contribution is -0.121. The van der Waals surface area contributed by atoms with Gasteiger partial charge < -0.3 is 0 Å². The molecule has 2 aliphatic rings. The van der Waals surface area contributed by atoms with E-state index in [-0.39, 0.29) is 5.78 Å². The molecule has 2 rings (SSSR count). The molecule has 70 valence electrons. The molecule has 0 amide bonds. The first-order chi connectivity index (χ1) is 6.15. The SMILES string of the molecule is CC(=O)[C@]12C=C[C@H](C)C[C@H]1CC=N2. The summed E-state index contributed by atoms with van der Waals surface area (Å²) in [7, 11) is 0. The first-order valence-corrected chi connectivity index (χ1v) is 4.89. The van der Waals surface area contributed by atoms with Gasteiger partial charge in [0.2, 0.25) is 0 Å². The summed E-state index contributed by atoms with van der Waals surface area (Å²) in [5, 5.41) is 0. The maximum atomic E-state index is 11.5. The normalized spacial score (nSPS) is 42.0. The van der Waals surface area contributed by atoms with E-state index in [0.29, 0.717) is 11.8 Å². The number of rotatable bonds is 1. The Kier molecular flexibility index (Phi) is 1.86. The fourth-order valence-corrected chi connectivity index (χ4v) is 2.41. The van der Waals surface area contributed by atoms with E-state index in [9.17, 15) is 4.79 Å². The first-order valence-electron chi connectivity index (χ1n) is 4.89. The fourth-order valence-electron chi connectivity index (χ4n) is 2.41. The lowest BCUT2D eigenvalue weighted by Crippen LogP contribution is -2.41. The number of ketones is 1. The van der Waals surface area contributed by atoms with Crippen LogP contribution in [0.3, 0.4) is 0 Å². The third-order valence-electron chi connectivity index (χ3n) is 3.22. The molecule has 0 aromatic rings. The van der Waals surface area contributed by atoms with Crippen LogP contribution in [0.5, 0.6) is 0 Å². The van der Waals surface area contributed by atoms with Crippen molar-refractivity contribution in [3.63, 3.8) is 0 Å². The lowest BCUT2D eigenvalue weighted by Gasteiger charge is -2.33. The van der Waals surface area contributed by atoms with Crippen LogP contribution in [0, 0.1) is 11.8 Å². The van der Waals surface area contributed by atoms with Gasteiger partial charge in [-0.2, -0.15) is 0 Å². The van der Waals surface area contributed by atoms with Crippen LogP contribution in [0.4, 0.5) is 0 Å². The van der Waals surface area contributed by atoms with Gasteiger partial charge in [-0.25, -0.2) is 0 Å². The van der Waals surface area contributed by atoms with Gasteiger partial charge in [0.25, 0.3) is 0 Å². The maximum absolute atomic E-state index is 11.5. The molecule has 1 aliphatic carbocycles. The predicted molar refractivity (Wildman–Crippen MR) is 52.9 cm³/mol. The van der Waals surface area contributed by atoms with E-state index in [1.165, 1.54) is 0 Å². The highest BCUT2D eigenvalue weighted by Gasteiger charge is 2.45. The molecule has 0 fully saturated rings. The largest absolute Gasteiger partial charge is 0.297 e. The standard InChI is InChI=1S/C11H15NO/c1-8-3-5-11(9(2)13)10(7-8)4-6-12-11/h3,5-6,8,10H,4,7H2,1-2H3/t8-,10+,11+/m0/s1. The van der Waals surface area contributed by atoms with E-state index in [4.69, 9.17) is 0 Å². The quantitative estimate of drug-likeness (QED) is 0.563. The van der Waals surface area contributed by atoms with Gasteiger partial charge in [0.15, 0.2) is 5.78 Å². The Hall–Kier alpha value is -0.920. The number of Topliss-reactive ketones (excluding diaryl/α,β-unsaturated/α-hetero) is 1. The predicted octanol–water partition coefficient (Wildman–Crippen LogP) is 2.00. The molecule has 1 heterocycles. The first kappa shape index (κ1) is 8.67. The number of fused-ring (bicyclic) bond motifs is 1. The van der Waals surface area contributed by atoms with E-state index >= 15 is 0 Å². The molecule has 0 radical (unpaired) electrons. The molecule has 13 heavy (non-hydrogen) atoms. The summed E-state index contributed by atoms with van der Waals surface area (Å²) in [4.78, 5) is 15.9. The highest BCUT2D eigenvalue weighted by atomic mass is 16.1. The zero-order valence-corrected chi connectivity index (χ0v) is 8.16. The molecule has 0 aromatic heterocycles. The second-order valence-corrected chi connectivity index (χ2v) is 4.20. The zero-order valence-electron chi connectivity index (χ0n) is 8.16. The van der Waals surface area contributed by atoms with Gasteiger partial charge in [0.1, 0.15) is 5.54 Å². The second kappa shape index (κ2) is 2.79. The molecule has 0 saturated heterocycles. The molecule has 0 bridgehead atoms. The van der Waals surface area contributed by atoms with Crippen molar-refractivity contribution in [2.24, 2.45) is 16.8 Å². The van der Waals surface area contributed by atoms with Gasteiger partial charge in [0.05, 0.1) is 0 Å². The molecule has 0 N–H and O–H groups in total. The minimum absolute atomic E-state index is 0.189. The smallest absolute Gasteiger partial charge is 0.161 e. The third-order valence-corrected chi connectivity index (χ3v) is 3.22. The van der Waals surface area contributed by atoms with Crippen LogP contribution in [0.25, 0.3) is 0 Å². The molecule has 2 nitrogen and oxygen atoms in total. The summed E-state index contributed by atoms with van der Waals surface area (Å²) < 4.78 is 0. The van der Waals surface area contributed by atoms with Gasteiger partial charge >= 0.3 is 0 Å². The number of hydrogen-bond acceptors (Lipinski definition) is 2. The van der Waals surface area contributed by atoms with E-state index in [1.807, 2.05) is 12.3 Å². The van der Waals surface area contributed by atoms with Gasteiger partial charge in [-0.05, 0) is 25.7 Å². The number of carbonyl (C=O) groups excluding carboxylic acids is 1. The molecular formula is C11H15NO. The summed E-state index contributed by atoms with van der Waals surface area (Å²) in [5.41, 5.74) is -0.480. The molecule has 0 saturated carbocycles. The van der Waals surface area contributed by atoms with Crippen molar-refractivity contribution in [2.75, 3.05) is 0 Å². The summed E-state index contributed by atoms with van der Waals surface area (Å²) in [6.07, 6.45) is 8.11. The van der Waals surface area contributed by atoms with Gasteiger partial charge in [0, 0.05) is 12.1 Å². The van der Waals surface area contributed by atoms with Gasteiger partial charge in [-0.3, -0.25) is 9.79 Å². The van der Waals surface area contributed by atoms with Crippen molar-refractivity contribution in [1.82, 2.24) is 0 Å². The van der Waals surface area contributed by atoms with Crippen LogP contribution in [0.1, 0.15) is 26.7 Å². The number of aliphatic imine (C=N–C) groups is 1. The van der Waals surface area contributed by atoms with Gasteiger partial charge in [-0.15, -0.1) is 0 Å². The molecule has 0 unspecified atom stereocenters. The van der Waals surface area contributed by atoms with Crippen molar-refractivity contribution < 1.29 is 4.79 Å². The molecule has 0 aromatic carbocycles. The Morgan fingerprint density at radius 2 is 2.38 bits per heavy atom. The monoisotopic (exact) mass is 177 g/mol. The van der Waals surface area contributed by atoms with Crippen LogP contribution < -0.4 is 0 Å². The average molecular weight is 177 g/mol. The Morgan fingerprint density at radius 3 is 3.08 bits per heavy atom. The van der Waals surface area contributed by atoms with Crippen LogP contribution in [-0.2, 0) is 4.79 Å². The molecule has 1 aliphatic heterocycles. The van der Waals surface area contributed by atoms with Crippen molar-refractivity contribution in [1.29, 1.82) is 0 Å². The average Bonchev–Trinajstić information content (AvgIpc) is 2.48. The summed E-state index contributed by atoms with van der Waals surface area (Å²) in [6, 6.07) is 0. The zero-order chi connectivity index (χ0) is 9.47. The summed E-state index contributed by atoms with van der Waals surface area (Å²) in [6.45, 7) is 3.84. The van der Waals surface area contributed by atoms with Crippen LogP contribution in [0.15, 0.2) is 17.1 Å². The minimum atomic E-state index is -0.480. The maximum Gasteiger partial charge on any atom is 0.161 e. The van der Waals surface area contributed by atoms with Crippen molar-refractivity contribution in [2.45, 2.75) is 32.2 Å².